The minimum absolute atomic E-state index is 1.16. The first kappa shape index (κ1) is 14.5. The van der Waals surface area contributed by atoms with Crippen LogP contribution < -0.4 is 0 Å². The molecule has 0 atom stereocenters. The molecule has 2 heteroatoms. The molecule has 0 aromatic carbocycles. The average Bonchev–Trinajstić information content (AvgIpc) is 2.15. The van der Waals surface area contributed by atoms with E-state index in [4.69, 9.17) is 0 Å². The Labute approximate surface area is 95.7 Å². The predicted molar refractivity (Wildman–Crippen MR) is 69.4 cm³/mol. The highest BCUT2D eigenvalue weighted by Crippen LogP contribution is 2.08. The molecule has 0 rings (SSSR count). The highest BCUT2D eigenvalue weighted by Gasteiger charge is 1.94. The molecule has 0 aromatic rings. The van der Waals surface area contributed by atoms with E-state index in [1.165, 1.54) is 50.7 Å². The van der Waals surface area contributed by atoms with Gasteiger partial charge in [-0.25, -0.2) is 0 Å². The number of nitrogens with zero attached hydrogens (tertiary/aromatic N) is 2. The van der Waals surface area contributed by atoms with Gasteiger partial charge in [-0.3, -0.25) is 0 Å². The Morgan fingerprint density at radius 2 is 1.47 bits per heavy atom. The van der Waals surface area contributed by atoms with Crippen molar-refractivity contribution in [1.82, 2.24) is 5.01 Å². The van der Waals surface area contributed by atoms with Crippen LogP contribution in [-0.2, 0) is 0 Å². The molecule has 0 amide bonds. The fraction of sp³-hybridized carbons (Fsp3) is 0.923. The van der Waals surface area contributed by atoms with E-state index in [9.17, 15) is 0 Å². The van der Waals surface area contributed by atoms with Gasteiger partial charge in [0.25, 0.3) is 0 Å². The molecule has 0 bridgehead atoms. The van der Waals surface area contributed by atoms with Gasteiger partial charge in [-0.1, -0.05) is 45.4 Å². The zero-order valence-corrected chi connectivity index (χ0v) is 11.1. The Hall–Kier alpha value is -0.530. The molecule has 0 unspecified atom stereocenters. The molecule has 0 aromatic heterocycles. The predicted octanol–water partition coefficient (Wildman–Crippen LogP) is 4.06. The molecule has 0 heterocycles. The summed E-state index contributed by atoms with van der Waals surface area (Å²) in [6, 6.07) is 0. The standard InChI is InChI=1S/C13H28N2/c1-5-6-7-8-9-10-11-12-13(2)14-15(3)4/h5-12H2,1-4H3. The van der Waals surface area contributed by atoms with Crippen molar-refractivity contribution >= 4 is 5.71 Å². The number of hydrogen-bond acceptors (Lipinski definition) is 2. The van der Waals surface area contributed by atoms with E-state index >= 15 is 0 Å². The molecular weight excluding hydrogens is 184 g/mol. The fourth-order valence-corrected chi connectivity index (χ4v) is 1.73. The quantitative estimate of drug-likeness (QED) is 0.320. The summed E-state index contributed by atoms with van der Waals surface area (Å²) >= 11 is 0. The van der Waals surface area contributed by atoms with Crippen LogP contribution in [0.25, 0.3) is 0 Å². The molecule has 0 aliphatic heterocycles. The zero-order valence-electron chi connectivity index (χ0n) is 11.1. The van der Waals surface area contributed by atoms with Gasteiger partial charge < -0.3 is 5.01 Å². The van der Waals surface area contributed by atoms with Crippen LogP contribution in [-0.4, -0.2) is 24.8 Å². The maximum Gasteiger partial charge on any atom is 0.0349 e. The lowest BCUT2D eigenvalue weighted by Crippen LogP contribution is -2.06. The third kappa shape index (κ3) is 11.4. The summed E-state index contributed by atoms with van der Waals surface area (Å²) in [5.74, 6) is 0. The van der Waals surface area contributed by atoms with E-state index in [0.717, 1.165) is 6.42 Å². The first-order valence-electron chi connectivity index (χ1n) is 6.38. The summed E-state index contributed by atoms with van der Waals surface area (Å²) in [7, 11) is 3.96. The van der Waals surface area contributed by atoms with Gasteiger partial charge in [0, 0.05) is 19.8 Å². The van der Waals surface area contributed by atoms with E-state index in [-0.39, 0.29) is 0 Å². The Kier molecular flexibility index (Phi) is 9.65. The van der Waals surface area contributed by atoms with Gasteiger partial charge in [0.1, 0.15) is 0 Å². The SMILES string of the molecule is CCCCCCCCCC(C)=NN(C)C. The maximum absolute atomic E-state index is 4.37. The molecule has 0 aliphatic rings. The Bertz CT molecular complexity index is 162. The van der Waals surface area contributed by atoms with Crippen molar-refractivity contribution in [3.63, 3.8) is 0 Å². The fourth-order valence-electron chi connectivity index (χ4n) is 1.73. The van der Waals surface area contributed by atoms with E-state index < -0.39 is 0 Å². The van der Waals surface area contributed by atoms with Crippen LogP contribution in [0, 0.1) is 0 Å². The van der Waals surface area contributed by atoms with Crippen LogP contribution in [0.1, 0.15) is 65.2 Å². The van der Waals surface area contributed by atoms with Gasteiger partial charge in [-0.2, -0.15) is 5.10 Å². The van der Waals surface area contributed by atoms with Gasteiger partial charge in [-0.05, 0) is 19.8 Å². The molecule has 15 heavy (non-hydrogen) atoms. The third-order valence-electron chi connectivity index (χ3n) is 2.51. The summed E-state index contributed by atoms with van der Waals surface area (Å²) < 4.78 is 0. The van der Waals surface area contributed by atoms with Crippen molar-refractivity contribution in [1.29, 1.82) is 0 Å². The van der Waals surface area contributed by atoms with Gasteiger partial charge in [0.2, 0.25) is 0 Å². The summed E-state index contributed by atoms with van der Waals surface area (Å²) in [5.41, 5.74) is 1.26. The van der Waals surface area contributed by atoms with Gasteiger partial charge in [0.15, 0.2) is 0 Å². The van der Waals surface area contributed by atoms with Gasteiger partial charge in [-0.15, -0.1) is 0 Å². The molecule has 90 valence electrons. The van der Waals surface area contributed by atoms with Crippen LogP contribution in [0.4, 0.5) is 0 Å². The topological polar surface area (TPSA) is 15.6 Å². The second-order valence-electron chi connectivity index (χ2n) is 4.55. The summed E-state index contributed by atoms with van der Waals surface area (Å²) in [6.45, 7) is 4.39. The van der Waals surface area contributed by atoms with E-state index in [2.05, 4.69) is 18.9 Å². The Morgan fingerprint density at radius 1 is 0.933 bits per heavy atom. The van der Waals surface area contributed by atoms with Gasteiger partial charge >= 0.3 is 0 Å². The summed E-state index contributed by atoms with van der Waals surface area (Å²) in [4.78, 5) is 0. The second-order valence-corrected chi connectivity index (χ2v) is 4.55. The van der Waals surface area contributed by atoms with E-state index in [1.807, 2.05) is 19.1 Å². The number of rotatable bonds is 9. The lowest BCUT2D eigenvalue weighted by molar-refractivity contribution is 0.435. The lowest BCUT2D eigenvalue weighted by Gasteiger charge is -2.07. The first-order valence-corrected chi connectivity index (χ1v) is 6.38. The molecule has 0 fully saturated rings. The largest absolute Gasteiger partial charge is 0.303 e. The van der Waals surface area contributed by atoms with Crippen LogP contribution >= 0.6 is 0 Å². The highest BCUT2D eigenvalue weighted by atomic mass is 15.4. The minimum Gasteiger partial charge on any atom is -0.303 e. The monoisotopic (exact) mass is 212 g/mol. The Balaban J connectivity index is 3.24. The maximum atomic E-state index is 4.37. The van der Waals surface area contributed by atoms with Crippen LogP contribution in [0.5, 0.6) is 0 Å². The van der Waals surface area contributed by atoms with Crippen molar-refractivity contribution in [2.24, 2.45) is 5.10 Å². The number of unbranched alkanes of at least 4 members (excludes halogenated alkanes) is 6. The van der Waals surface area contributed by atoms with Crippen molar-refractivity contribution in [3.8, 4) is 0 Å². The first-order chi connectivity index (χ1) is 7.16. The molecule has 2 nitrogen and oxygen atoms in total. The molecule has 0 saturated carbocycles. The normalized spacial score (nSPS) is 11.9. The Morgan fingerprint density at radius 3 is 2.00 bits per heavy atom. The van der Waals surface area contributed by atoms with E-state index in [0.29, 0.717) is 0 Å². The summed E-state index contributed by atoms with van der Waals surface area (Å²) in [6.07, 6.45) is 10.8. The molecule has 0 aliphatic carbocycles. The van der Waals surface area contributed by atoms with Crippen molar-refractivity contribution in [2.45, 2.75) is 65.2 Å². The van der Waals surface area contributed by atoms with Crippen molar-refractivity contribution in [2.75, 3.05) is 14.1 Å². The molecular formula is C13H28N2. The van der Waals surface area contributed by atoms with Crippen molar-refractivity contribution < 1.29 is 0 Å². The number of hydrazone groups is 1. The highest BCUT2D eigenvalue weighted by molar-refractivity contribution is 5.81. The van der Waals surface area contributed by atoms with Crippen LogP contribution in [0.15, 0.2) is 5.10 Å². The number of hydrogen-bond donors (Lipinski definition) is 0. The summed E-state index contributed by atoms with van der Waals surface area (Å²) in [5, 5.41) is 6.26. The third-order valence-corrected chi connectivity index (χ3v) is 2.51. The zero-order chi connectivity index (χ0) is 11.5. The van der Waals surface area contributed by atoms with E-state index in [1.54, 1.807) is 0 Å². The van der Waals surface area contributed by atoms with Crippen LogP contribution in [0.2, 0.25) is 0 Å². The molecule has 0 saturated heterocycles. The average molecular weight is 212 g/mol. The molecule has 0 N–H and O–H groups in total. The molecule has 0 spiro atoms. The van der Waals surface area contributed by atoms with Crippen LogP contribution in [0.3, 0.4) is 0 Å². The molecule has 0 radical (unpaired) electrons. The lowest BCUT2D eigenvalue weighted by atomic mass is 10.1. The second kappa shape index (κ2) is 10.0. The van der Waals surface area contributed by atoms with Crippen molar-refractivity contribution in [3.05, 3.63) is 0 Å². The van der Waals surface area contributed by atoms with Gasteiger partial charge in [0.05, 0.1) is 0 Å². The minimum atomic E-state index is 1.16. The smallest absolute Gasteiger partial charge is 0.0349 e.